The monoisotopic (exact) mass is 379 g/mol. The van der Waals surface area contributed by atoms with Crippen molar-refractivity contribution in [3.8, 4) is 11.5 Å². The highest BCUT2D eigenvalue weighted by Gasteiger charge is 2.36. The minimum absolute atomic E-state index is 0.00442. The van der Waals surface area contributed by atoms with E-state index in [9.17, 15) is 22.8 Å². The van der Waals surface area contributed by atoms with Crippen LogP contribution in [0.2, 0.25) is 0 Å². The quantitative estimate of drug-likeness (QED) is 0.648. The average Bonchev–Trinajstić information content (AvgIpc) is 3.10. The van der Waals surface area contributed by atoms with Gasteiger partial charge in [-0.1, -0.05) is 11.2 Å². The fourth-order valence-corrected chi connectivity index (χ4v) is 2.38. The molecule has 0 N–H and O–H groups in total. The number of aromatic nitrogens is 3. The Hall–Kier alpha value is -3.43. The van der Waals surface area contributed by atoms with Crippen LogP contribution in [0.25, 0.3) is 11.5 Å². The van der Waals surface area contributed by atoms with Gasteiger partial charge in [0, 0.05) is 17.8 Å². The first-order valence-electron chi connectivity index (χ1n) is 7.57. The number of ether oxygens (including phenoxy) is 1. The van der Waals surface area contributed by atoms with E-state index in [0.29, 0.717) is 0 Å². The van der Waals surface area contributed by atoms with Gasteiger partial charge in [0.15, 0.2) is 5.82 Å². The summed E-state index contributed by atoms with van der Waals surface area (Å²) in [6.07, 6.45) is -3.26. The predicted octanol–water partition coefficient (Wildman–Crippen LogP) is 2.75. The SMILES string of the molecule is COC(=O)c1ccc(-c2nc(Cn3ccccc3=O)no2)cc1C(F)(F)F. The second kappa shape index (κ2) is 7.06. The Kier molecular flexibility index (Phi) is 4.80. The maximum Gasteiger partial charge on any atom is 0.417 e. The number of pyridine rings is 1. The van der Waals surface area contributed by atoms with Crippen LogP contribution in [0, 0.1) is 0 Å². The first-order valence-corrected chi connectivity index (χ1v) is 7.57. The molecule has 3 rings (SSSR count). The second-order valence-corrected chi connectivity index (χ2v) is 5.43. The minimum atomic E-state index is -4.78. The Labute approximate surface area is 150 Å². The van der Waals surface area contributed by atoms with Crippen LogP contribution in [0.3, 0.4) is 0 Å². The molecule has 0 saturated carbocycles. The standard InChI is InChI=1S/C17H12F3N3O4/c1-26-16(25)11-6-5-10(8-12(11)17(18,19)20)15-21-13(22-27-15)9-23-7-3-2-4-14(23)24/h2-8H,9H2,1H3. The van der Waals surface area contributed by atoms with E-state index in [2.05, 4.69) is 14.9 Å². The van der Waals surface area contributed by atoms with Crippen molar-refractivity contribution in [3.63, 3.8) is 0 Å². The number of nitrogens with zero attached hydrogens (tertiary/aromatic N) is 3. The lowest BCUT2D eigenvalue weighted by Crippen LogP contribution is -2.18. The molecule has 10 heteroatoms. The summed E-state index contributed by atoms with van der Waals surface area (Å²) >= 11 is 0. The molecule has 0 spiro atoms. The lowest BCUT2D eigenvalue weighted by Gasteiger charge is -2.12. The molecular weight excluding hydrogens is 367 g/mol. The number of carbonyl (C=O) groups is 1. The maximum absolute atomic E-state index is 13.3. The Balaban J connectivity index is 1.96. The van der Waals surface area contributed by atoms with Crippen molar-refractivity contribution < 1.29 is 27.2 Å². The molecule has 27 heavy (non-hydrogen) atoms. The van der Waals surface area contributed by atoms with Gasteiger partial charge in [-0.05, 0) is 24.3 Å². The summed E-state index contributed by atoms with van der Waals surface area (Å²) in [4.78, 5) is 27.3. The van der Waals surface area contributed by atoms with Gasteiger partial charge in [-0.2, -0.15) is 18.2 Å². The Morgan fingerprint density at radius 2 is 2.04 bits per heavy atom. The third-order valence-electron chi connectivity index (χ3n) is 3.66. The van der Waals surface area contributed by atoms with Crippen LogP contribution >= 0.6 is 0 Å². The average molecular weight is 379 g/mol. The van der Waals surface area contributed by atoms with Gasteiger partial charge in [0.1, 0.15) is 0 Å². The molecule has 0 unspecified atom stereocenters. The summed E-state index contributed by atoms with van der Waals surface area (Å²) in [7, 11) is 0.992. The van der Waals surface area contributed by atoms with Crippen LogP contribution in [0.15, 0.2) is 51.9 Å². The second-order valence-electron chi connectivity index (χ2n) is 5.43. The summed E-state index contributed by atoms with van der Waals surface area (Å²) in [5, 5.41) is 3.68. The largest absolute Gasteiger partial charge is 0.465 e. The van der Waals surface area contributed by atoms with E-state index in [1.54, 1.807) is 12.1 Å². The zero-order chi connectivity index (χ0) is 19.6. The summed E-state index contributed by atoms with van der Waals surface area (Å²) < 4.78 is 50.5. The molecule has 0 aliphatic rings. The summed E-state index contributed by atoms with van der Waals surface area (Å²) in [6, 6.07) is 7.52. The van der Waals surface area contributed by atoms with E-state index in [1.165, 1.54) is 22.9 Å². The van der Waals surface area contributed by atoms with Crippen molar-refractivity contribution in [3.05, 3.63) is 69.9 Å². The maximum atomic E-state index is 13.3. The number of hydrogen-bond acceptors (Lipinski definition) is 6. The van der Waals surface area contributed by atoms with E-state index in [0.717, 1.165) is 19.2 Å². The van der Waals surface area contributed by atoms with Gasteiger partial charge in [0.2, 0.25) is 0 Å². The number of hydrogen-bond donors (Lipinski definition) is 0. The van der Waals surface area contributed by atoms with Crippen molar-refractivity contribution in [1.82, 2.24) is 14.7 Å². The van der Waals surface area contributed by atoms with Crippen LogP contribution in [0.5, 0.6) is 0 Å². The minimum Gasteiger partial charge on any atom is -0.465 e. The van der Waals surface area contributed by atoms with Gasteiger partial charge >= 0.3 is 12.1 Å². The smallest absolute Gasteiger partial charge is 0.417 e. The Morgan fingerprint density at radius 3 is 2.70 bits per heavy atom. The molecule has 0 radical (unpaired) electrons. The van der Waals surface area contributed by atoms with Crippen molar-refractivity contribution >= 4 is 5.97 Å². The lowest BCUT2D eigenvalue weighted by atomic mass is 10.0. The zero-order valence-electron chi connectivity index (χ0n) is 13.9. The van der Waals surface area contributed by atoms with E-state index in [1.807, 2.05) is 0 Å². The fourth-order valence-electron chi connectivity index (χ4n) is 2.38. The van der Waals surface area contributed by atoms with Gasteiger partial charge in [0.25, 0.3) is 11.4 Å². The summed E-state index contributed by atoms with van der Waals surface area (Å²) in [5.41, 5.74) is -2.10. The van der Waals surface area contributed by atoms with Crippen LogP contribution in [-0.2, 0) is 17.5 Å². The number of rotatable bonds is 4. The third-order valence-corrected chi connectivity index (χ3v) is 3.66. The highest BCUT2D eigenvalue weighted by Crippen LogP contribution is 2.35. The fraction of sp³-hybridized carbons (Fsp3) is 0.176. The molecule has 0 amide bonds. The number of halogens is 3. The Bertz CT molecular complexity index is 1040. The molecular formula is C17H12F3N3O4. The first kappa shape index (κ1) is 18.4. The number of esters is 1. The topological polar surface area (TPSA) is 87.2 Å². The van der Waals surface area contributed by atoms with Gasteiger partial charge < -0.3 is 13.8 Å². The van der Waals surface area contributed by atoms with Crippen molar-refractivity contribution in [2.45, 2.75) is 12.7 Å². The van der Waals surface area contributed by atoms with E-state index >= 15 is 0 Å². The Morgan fingerprint density at radius 1 is 1.26 bits per heavy atom. The molecule has 0 fully saturated rings. The van der Waals surface area contributed by atoms with Crippen LogP contribution in [-0.4, -0.2) is 27.8 Å². The molecule has 2 aromatic heterocycles. The highest BCUT2D eigenvalue weighted by molar-refractivity contribution is 5.92. The van der Waals surface area contributed by atoms with Crippen molar-refractivity contribution in [1.29, 1.82) is 0 Å². The van der Waals surface area contributed by atoms with Gasteiger partial charge in [-0.15, -0.1) is 0 Å². The van der Waals surface area contributed by atoms with Crippen LogP contribution < -0.4 is 5.56 Å². The molecule has 2 heterocycles. The first-order chi connectivity index (χ1) is 12.8. The molecule has 3 aromatic rings. The zero-order valence-corrected chi connectivity index (χ0v) is 13.9. The summed E-state index contributed by atoms with van der Waals surface area (Å²) in [6.45, 7) is -0.00442. The highest BCUT2D eigenvalue weighted by atomic mass is 19.4. The van der Waals surface area contributed by atoms with Crippen molar-refractivity contribution in [2.24, 2.45) is 0 Å². The molecule has 0 atom stereocenters. The number of alkyl halides is 3. The molecule has 0 aliphatic carbocycles. The van der Waals surface area contributed by atoms with Gasteiger partial charge in [0.05, 0.1) is 24.8 Å². The third kappa shape index (κ3) is 3.89. The normalized spacial score (nSPS) is 11.4. The summed E-state index contributed by atoms with van der Waals surface area (Å²) in [5.74, 6) is -1.16. The van der Waals surface area contributed by atoms with Gasteiger partial charge in [-0.25, -0.2) is 4.79 Å². The predicted molar refractivity (Wildman–Crippen MR) is 85.9 cm³/mol. The van der Waals surface area contributed by atoms with Crippen LogP contribution in [0.1, 0.15) is 21.7 Å². The van der Waals surface area contributed by atoms with E-state index in [4.69, 9.17) is 4.52 Å². The molecule has 140 valence electrons. The van der Waals surface area contributed by atoms with Crippen LogP contribution in [0.4, 0.5) is 13.2 Å². The number of methoxy groups -OCH3 is 1. The number of benzene rings is 1. The van der Waals surface area contributed by atoms with E-state index < -0.39 is 23.3 Å². The number of carbonyl (C=O) groups excluding carboxylic acids is 1. The molecule has 7 nitrogen and oxygen atoms in total. The molecule has 0 bridgehead atoms. The van der Waals surface area contributed by atoms with Crippen molar-refractivity contribution in [2.75, 3.05) is 7.11 Å². The molecule has 1 aromatic carbocycles. The molecule has 0 aliphatic heterocycles. The van der Waals surface area contributed by atoms with Gasteiger partial charge in [-0.3, -0.25) is 4.79 Å². The molecule has 0 saturated heterocycles. The van der Waals surface area contributed by atoms with E-state index in [-0.39, 0.29) is 29.4 Å². The lowest BCUT2D eigenvalue weighted by molar-refractivity contribution is -0.138.